The molecule has 5 nitrogen and oxygen atoms in total. The molecule has 4 rings (SSSR count). The molecule has 3 heterocycles. The van der Waals surface area contributed by atoms with E-state index in [1.165, 1.54) is 36.3 Å². The number of anilines is 1. The molecule has 0 saturated carbocycles. The van der Waals surface area contributed by atoms with Crippen molar-refractivity contribution >= 4 is 5.82 Å². The van der Waals surface area contributed by atoms with Gasteiger partial charge in [0.25, 0.3) is 0 Å². The predicted molar refractivity (Wildman–Crippen MR) is 90.7 cm³/mol. The second-order valence-electron chi connectivity index (χ2n) is 7.25. The van der Waals surface area contributed by atoms with Gasteiger partial charge in [0, 0.05) is 43.9 Å². The second kappa shape index (κ2) is 5.95. The predicted octanol–water partition coefficient (Wildman–Crippen LogP) is 2.81. The Morgan fingerprint density at radius 3 is 2.83 bits per heavy atom. The second-order valence-corrected chi connectivity index (χ2v) is 7.25. The molecule has 0 spiro atoms. The number of aryl methyl sites for hydroxylation is 2. The normalized spacial score (nSPS) is 18.1. The van der Waals surface area contributed by atoms with E-state index >= 15 is 0 Å². The highest BCUT2D eigenvalue weighted by atomic mass is 15.3. The van der Waals surface area contributed by atoms with Crippen LogP contribution in [0.1, 0.15) is 49.7 Å². The first kappa shape index (κ1) is 14.7. The topological polar surface area (TPSA) is 46.8 Å². The molecule has 0 aromatic carbocycles. The van der Waals surface area contributed by atoms with Crippen LogP contribution < -0.4 is 4.90 Å². The number of aromatic nitrogens is 4. The Kier molecular flexibility index (Phi) is 3.79. The summed E-state index contributed by atoms with van der Waals surface area (Å²) in [4.78, 5) is 6.84. The van der Waals surface area contributed by atoms with Gasteiger partial charge in [-0.2, -0.15) is 5.10 Å². The number of nitrogens with zero attached hydrogens (tertiary/aromatic N) is 5. The van der Waals surface area contributed by atoms with Gasteiger partial charge >= 0.3 is 0 Å². The van der Waals surface area contributed by atoms with Crippen molar-refractivity contribution in [2.24, 2.45) is 5.92 Å². The maximum Gasteiger partial charge on any atom is 0.151 e. The molecule has 1 saturated heterocycles. The number of rotatable bonds is 4. The average Bonchev–Trinajstić information content (AvgIpc) is 2.98. The number of fused-ring (bicyclic) bond motifs is 1. The highest BCUT2D eigenvalue weighted by molar-refractivity contribution is 5.44. The van der Waals surface area contributed by atoms with Crippen LogP contribution >= 0.6 is 0 Å². The van der Waals surface area contributed by atoms with E-state index in [2.05, 4.69) is 50.8 Å². The van der Waals surface area contributed by atoms with Crippen LogP contribution in [0.2, 0.25) is 0 Å². The number of hydrogen-bond donors (Lipinski definition) is 0. The zero-order chi connectivity index (χ0) is 15.8. The first-order chi connectivity index (χ1) is 11.2. The summed E-state index contributed by atoms with van der Waals surface area (Å²) in [6.07, 6.45) is 8.85. The molecule has 1 fully saturated rings. The van der Waals surface area contributed by atoms with E-state index in [0.717, 1.165) is 31.9 Å². The van der Waals surface area contributed by atoms with E-state index in [4.69, 9.17) is 0 Å². The molecular formula is C18H25N5. The van der Waals surface area contributed by atoms with E-state index < -0.39 is 0 Å². The molecule has 0 radical (unpaired) electrons. The van der Waals surface area contributed by atoms with Crippen LogP contribution in [0.4, 0.5) is 5.82 Å². The molecule has 122 valence electrons. The maximum absolute atomic E-state index is 4.48. The lowest BCUT2D eigenvalue weighted by Crippen LogP contribution is -2.49. The molecule has 0 bridgehead atoms. The third-order valence-corrected chi connectivity index (χ3v) is 5.06. The van der Waals surface area contributed by atoms with Crippen molar-refractivity contribution in [2.45, 2.75) is 52.0 Å². The summed E-state index contributed by atoms with van der Waals surface area (Å²) in [6.45, 7) is 7.61. The molecule has 0 atom stereocenters. The summed E-state index contributed by atoms with van der Waals surface area (Å²) in [5, 5.41) is 8.90. The van der Waals surface area contributed by atoms with Gasteiger partial charge in [-0.25, -0.2) is 4.98 Å². The Bertz CT molecular complexity index is 684. The van der Waals surface area contributed by atoms with Crippen molar-refractivity contribution in [3.8, 4) is 0 Å². The summed E-state index contributed by atoms with van der Waals surface area (Å²) in [5.41, 5.74) is 2.64. The molecule has 1 aliphatic heterocycles. The first-order valence-corrected chi connectivity index (χ1v) is 8.82. The third-order valence-electron chi connectivity index (χ3n) is 5.06. The van der Waals surface area contributed by atoms with Crippen LogP contribution in [0.15, 0.2) is 18.5 Å². The van der Waals surface area contributed by atoms with Crippen molar-refractivity contribution in [3.63, 3.8) is 0 Å². The van der Waals surface area contributed by atoms with Crippen molar-refractivity contribution in [1.82, 2.24) is 19.7 Å². The highest BCUT2D eigenvalue weighted by Gasteiger charge is 2.29. The Labute approximate surface area is 137 Å². The van der Waals surface area contributed by atoms with Gasteiger partial charge in [0.05, 0.1) is 5.69 Å². The van der Waals surface area contributed by atoms with Crippen LogP contribution in [0, 0.1) is 5.92 Å². The molecule has 5 heteroatoms. The third kappa shape index (κ3) is 2.84. The number of imidazole rings is 1. The fraction of sp³-hybridized carbons (Fsp3) is 0.611. The van der Waals surface area contributed by atoms with Crippen LogP contribution in [-0.2, 0) is 19.4 Å². The van der Waals surface area contributed by atoms with Crippen molar-refractivity contribution in [2.75, 3.05) is 18.0 Å². The standard InChI is InChI=1S/C18H25N5/c1-13(2)18-19-7-8-22(18)10-14-11-23(12-14)17-9-15-5-3-4-6-16(15)20-21-17/h7-9,13-14H,3-6,10-12H2,1-2H3. The molecule has 0 amide bonds. The lowest BCUT2D eigenvalue weighted by molar-refractivity contribution is 0.348. The quantitative estimate of drug-likeness (QED) is 0.871. The lowest BCUT2D eigenvalue weighted by Gasteiger charge is -2.40. The first-order valence-electron chi connectivity index (χ1n) is 8.82. The Hall–Kier alpha value is -1.91. The van der Waals surface area contributed by atoms with Gasteiger partial charge in [0.15, 0.2) is 5.82 Å². The van der Waals surface area contributed by atoms with Crippen molar-refractivity contribution in [3.05, 3.63) is 35.5 Å². The van der Waals surface area contributed by atoms with Gasteiger partial charge in [-0.15, -0.1) is 5.10 Å². The molecule has 2 aromatic rings. The minimum Gasteiger partial charge on any atom is -0.354 e. The molecule has 0 N–H and O–H groups in total. The van der Waals surface area contributed by atoms with Gasteiger partial charge in [0.2, 0.25) is 0 Å². The number of hydrogen-bond acceptors (Lipinski definition) is 4. The average molecular weight is 311 g/mol. The highest BCUT2D eigenvalue weighted by Crippen LogP contribution is 2.28. The van der Waals surface area contributed by atoms with Gasteiger partial charge in [0.1, 0.15) is 5.82 Å². The Morgan fingerprint density at radius 1 is 1.17 bits per heavy atom. The van der Waals surface area contributed by atoms with E-state index in [-0.39, 0.29) is 0 Å². The van der Waals surface area contributed by atoms with Gasteiger partial charge in [-0.3, -0.25) is 0 Å². The van der Waals surface area contributed by atoms with Crippen molar-refractivity contribution < 1.29 is 0 Å². The largest absolute Gasteiger partial charge is 0.354 e. The zero-order valence-corrected chi connectivity index (χ0v) is 14.1. The van der Waals surface area contributed by atoms with Crippen LogP contribution in [-0.4, -0.2) is 32.8 Å². The summed E-state index contributed by atoms with van der Waals surface area (Å²) in [5.74, 6) is 3.42. The molecule has 2 aliphatic rings. The van der Waals surface area contributed by atoms with Gasteiger partial charge in [-0.1, -0.05) is 13.8 Å². The summed E-state index contributed by atoms with van der Waals surface area (Å²) >= 11 is 0. The van der Waals surface area contributed by atoms with Gasteiger partial charge < -0.3 is 9.47 Å². The fourth-order valence-electron chi connectivity index (χ4n) is 3.76. The monoisotopic (exact) mass is 311 g/mol. The zero-order valence-electron chi connectivity index (χ0n) is 14.1. The molecular weight excluding hydrogens is 286 g/mol. The molecule has 0 unspecified atom stereocenters. The van der Waals surface area contributed by atoms with E-state index in [9.17, 15) is 0 Å². The summed E-state index contributed by atoms with van der Waals surface area (Å²) in [6, 6.07) is 2.27. The van der Waals surface area contributed by atoms with Crippen LogP contribution in [0.5, 0.6) is 0 Å². The van der Waals surface area contributed by atoms with Crippen LogP contribution in [0.3, 0.4) is 0 Å². The minimum absolute atomic E-state index is 0.479. The molecule has 2 aromatic heterocycles. The summed E-state index contributed by atoms with van der Waals surface area (Å²) in [7, 11) is 0. The fourth-order valence-corrected chi connectivity index (χ4v) is 3.76. The molecule has 23 heavy (non-hydrogen) atoms. The Morgan fingerprint density at radius 2 is 2.00 bits per heavy atom. The van der Waals surface area contributed by atoms with E-state index in [0.29, 0.717) is 11.8 Å². The minimum atomic E-state index is 0.479. The molecule has 1 aliphatic carbocycles. The van der Waals surface area contributed by atoms with Crippen molar-refractivity contribution in [1.29, 1.82) is 0 Å². The SMILES string of the molecule is CC(C)c1nccn1CC1CN(c2cc3c(nn2)CCCC3)C1. The van der Waals surface area contributed by atoms with E-state index in [1.807, 2.05) is 6.20 Å². The van der Waals surface area contributed by atoms with Crippen LogP contribution in [0.25, 0.3) is 0 Å². The van der Waals surface area contributed by atoms with Gasteiger partial charge in [-0.05, 0) is 37.3 Å². The lowest BCUT2D eigenvalue weighted by atomic mass is 9.95. The summed E-state index contributed by atoms with van der Waals surface area (Å²) < 4.78 is 2.31. The van der Waals surface area contributed by atoms with E-state index in [1.54, 1.807) is 0 Å². The Balaban J connectivity index is 1.39. The smallest absolute Gasteiger partial charge is 0.151 e. The maximum atomic E-state index is 4.48.